The number of para-hydroxylation sites is 3. The van der Waals surface area contributed by atoms with Crippen molar-refractivity contribution >= 4 is 66.4 Å². The summed E-state index contributed by atoms with van der Waals surface area (Å²) in [7, 11) is 0. The smallest absolute Gasteiger partial charge is 0.137 e. The molecule has 9 aromatic rings. The molecule has 0 bridgehead atoms. The number of hydrogen-bond donors (Lipinski definition) is 0. The fourth-order valence-corrected chi connectivity index (χ4v) is 7.74. The minimum absolute atomic E-state index is 0.842. The van der Waals surface area contributed by atoms with Crippen LogP contribution in [0.15, 0.2) is 194 Å². The molecule has 0 fully saturated rings. The SMILES string of the molecule is c1ccc(N(c2ccccc2)c2ccc3c4c(cccc24)Oc2cc(N(c4ccccc4)c4cc5ccccc5c5ccccc45)ccc2-3)cc1. The fourth-order valence-electron chi connectivity index (χ4n) is 7.74. The standard InChI is InChI=1S/C48H32N2O/c1-4-16-34(17-5-1)49(35-18-6-2-7-19-35)44-30-29-42-41-28-27-37(32-47(41)51-46-26-14-25-43(44)48(42)46)50(36-20-8-3-9-21-36)45-31-33-15-10-11-22-38(33)39-23-12-13-24-40(39)45/h1-32H. The molecule has 0 saturated heterocycles. The van der Waals surface area contributed by atoms with Gasteiger partial charge in [0.2, 0.25) is 0 Å². The van der Waals surface area contributed by atoms with E-state index in [2.05, 4.69) is 204 Å². The lowest BCUT2D eigenvalue weighted by Crippen LogP contribution is -2.12. The van der Waals surface area contributed by atoms with E-state index in [0.29, 0.717) is 0 Å². The van der Waals surface area contributed by atoms with Crippen LogP contribution in [0.4, 0.5) is 34.1 Å². The number of fused-ring (bicyclic) bond motifs is 5. The fraction of sp³-hybridized carbons (Fsp3) is 0. The maximum absolute atomic E-state index is 6.87. The van der Waals surface area contributed by atoms with Gasteiger partial charge in [0, 0.05) is 50.5 Å². The quantitative estimate of drug-likeness (QED) is 0.166. The lowest BCUT2D eigenvalue weighted by Gasteiger charge is -2.30. The van der Waals surface area contributed by atoms with Gasteiger partial charge in [0.05, 0.1) is 11.4 Å². The maximum atomic E-state index is 6.87. The highest BCUT2D eigenvalue weighted by molar-refractivity contribution is 6.15. The summed E-state index contributed by atoms with van der Waals surface area (Å²) in [5, 5.41) is 7.15. The maximum Gasteiger partial charge on any atom is 0.137 e. The Balaban J connectivity index is 1.15. The molecule has 0 atom stereocenters. The molecule has 3 heteroatoms. The van der Waals surface area contributed by atoms with E-state index in [1.807, 2.05) is 0 Å². The highest BCUT2D eigenvalue weighted by Gasteiger charge is 2.26. The first-order valence-corrected chi connectivity index (χ1v) is 17.4. The van der Waals surface area contributed by atoms with E-state index in [9.17, 15) is 0 Å². The molecular formula is C48H32N2O. The van der Waals surface area contributed by atoms with Gasteiger partial charge in [-0.2, -0.15) is 0 Å². The topological polar surface area (TPSA) is 15.7 Å². The van der Waals surface area contributed by atoms with Crippen molar-refractivity contribution in [2.45, 2.75) is 0 Å². The van der Waals surface area contributed by atoms with Gasteiger partial charge in [0.25, 0.3) is 0 Å². The van der Waals surface area contributed by atoms with Crippen molar-refractivity contribution in [3.8, 4) is 22.6 Å². The van der Waals surface area contributed by atoms with E-state index in [4.69, 9.17) is 4.74 Å². The Labute approximate surface area is 296 Å². The molecule has 10 rings (SSSR count). The largest absolute Gasteiger partial charge is 0.456 e. The van der Waals surface area contributed by atoms with Crippen LogP contribution in [-0.4, -0.2) is 0 Å². The molecule has 51 heavy (non-hydrogen) atoms. The van der Waals surface area contributed by atoms with Crippen molar-refractivity contribution in [1.82, 2.24) is 0 Å². The van der Waals surface area contributed by atoms with Crippen molar-refractivity contribution < 1.29 is 4.74 Å². The number of nitrogens with zero attached hydrogens (tertiary/aromatic N) is 2. The molecule has 3 nitrogen and oxygen atoms in total. The molecule has 0 aliphatic carbocycles. The Kier molecular flexibility index (Phi) is 6.81. The van der Waals surface area contributed by atoms with Crippen LogP contribution in [0.3, 0.4) is 0 Å². The van der Waals surface area contributed by atoms with Crippen molar-refractivity contribution in [2.24, 2.45) is 0 Å². The third-order valence-electron chi connectivity index (χ3n) is 9.98. The molecule has 1 aliphatic heterocycles. The molecule has 0 saturated carbocycles. The van der Waals surface area contributed by atoms with Gasteiger partial charge in [-0.05, 0) is 88.5 Å². The third kappa shape index (κ3) is 4.82. The molecule has 0 amide bonds. The molecule has 9 aromatic carbocycles. The van der Waals surface area contributed by atoms with E-state index in [1.165, 1.54) is 27.1 Å². The highest BCUT2D eigenvalue weighted by atomic mass is 16.5. The number of rotatable bonds is 6. The first-order valence-electron chi connectivity index (χ1n) is 17.4. The van der Waals surface area contributed by atoms with Gasteiger partial charge in [-0.15, -0.1) is 0 Å². The molecule has 0 radical (unpaired) electrons. The summed E-state index contributed by atoms with van der Waals surface area (Å²) < 4.78 is 6.87. The first kappa shape index (κ1) is 29.1. The summed E-state index contributed by atoms with van der Waals surface area (Å²) in [5.74, 6) is 1.70. The van der Waals surface area contributed by atoms with Gasteiger partial charge in [-0.3, -0.25) is 0 Å². The van der Waals surface area contributed by atoms with Crippen LogP contribution >= 0.6 is 0 Å². The van der Waals surface area contributed by atoms with Crippen molar-refractivity contribution in [2.75, 3.05) is 9.80 Å². The van der Waals surface area contributed by atoms with Gasteiger partial charge >= 0.3 is 0 Å². The Bertz CT molecular complexity index is 2690. The molecule has 0 aromatic heterocycles. The molecule has 1 heterocycles. The van der Waals surface area contributed by atoms with Gasteiger partial charge in [0.1, 0.15) is 11.5 Å². The second kappa shape index (κ2) is 11.9. The van der Waals surface area contributed by atoms with Crippen LogP contribution in [0.1, 0.15) is 0 Å². The van der Waals surface area contributed by atoms with Crippen molar-refractivity contribution in [3.05, 3.63) is 194 Å². The highest BCUT2D eigenvalue weighted by Crippen LogP contribution is 2.52. The normalized spacial score (nSPS) is 11.7. The molecular weight excluding hydrogens is 621 g/mol. The van der Waals surface area contributed by atoms with E-state index < -0.39 is 0 Å². The van der Waals surface area contributed by atoms with Gasteiger partial charge in [0.15, 0.2) is 0 Å². The molecule has 240 valence electrons. The zero-order valence-electron chi connectivity index (χ0n) is 27.8. The van der Waals surface area contributed by atoms with Crippen LogP contribution in [0.5, 0.6) is 11.5 Å². The summed E-state index contributed by atoms with van der Waals surface area (Å²) in [4.78, 5) is 4.68. The molecule has 0 N–H and O–H groups in total. The van der Waals surface area contributed by atoms with Gasteiger partial charge in [-0.25, -0.2) is 0 Å². The van der Waals surface area contributed by atoms with Crippen molar-refractivity contribution in [1.29, 1.82) is 0 Å². The minimum Gasteiger partial charge on any atom is -0.456 e. The average molecular weight is 653 g/mol. The number of hydrogen-bond acceptors (Lipinski definition) is 3. The van der Waals surface area contributed by atoms with Gasteiger partial charge < -0.3 is 14.5 Å². The minimum atomic E-state index is 0.842. The van der Waals surface area contributed by atoms with Crippen LogP contribution in [-0.2, 0) is 0 Å². The summed E-state index contributed by atoms with van der Waals surface area (Å²) in [6.07, 6.45) is 0. The van der Waals surface area contributed by atoms with E-state index in [-0.39, 0.29) is 0 Å². The zero-order chi connectivity index (χ0) is 33.7. The lowest BCUT2D eigenvalue weighted by atomic mass is 9.92. The Morgan fingerprint density at radius 1 is 0.314 bits per heavy atom. The summed E-state index contributed by atoms with van der Waals surface area (Å²) in [6.45, 7) is 0. The lowest BCUT2D eigenvalue weighted by molar-refractivity contribution is 0.487. The molecule has 0 spiro atoms. The van der Waals surface area contributed by atoms with Crippen molar-refractivity contribution in [3.63, 3.8) is 0 Å². The van der Waals surface area contributed by atoms with Crippen LogP contribution in [0.25, 0.3) is 43.4 Å². The number of anilines is 6. The monoisotopic (exact) mass is 652 g/mol. The van der Waals surface area contributed by atoms with Gasteiger partial charge in [-0.1, -0.05) is 121 Å². The average Bonchev–Trinajstić information content (AvgIpc) is 3.20. The van der Waals surface area contributed by atoms with Crippen LogP contribution < -0.4 is 14.5 Å². The second-order valence-electron chi connectivity index (χ2n) is 12.9. The summed E-state index contributed by atoms with van der Waals surface area (Å²) >= 11 is 0. The van der Waals surface area contributed by atoms with E-state index >= 15 is 0 Å². The Hall–Kier alpha value is -6.84. The number of ether oxygens (including phenoxy) is 1. The zero-order valence-corrected chi connectivity index (χ0v) is 27.8. The molecule has 1 aliphatic rings. The third-order valence-corrected chi connectivity index (χ3v) is 9.98. The molecule has 0 unspecified atom stereocenters. The predicted octanol–water partition coefficient (Wildman–Crippen LogP) is 13.9. The Morgan fingerprint density at radius 2 is 0.863 bits per heavy atom. The van der Waals surface area contributed by atoms with E-state index in [0.717, 1.165) is 62.0 Å². The summed E-state index contributed by atoms with van der Waals surface area (Å²) in [6, 6.07) is 69.0. The number of benzene rings is 9. The van der Waals surface area contributed by atoms with Crippen LogP contribution in [0, 0.1) is 0 Å². The Morgan fingerprint density at radius 3 is 1.55 bits per heavy atom. The second-order valence-corrected chi connectivity index (χ2v) is 12.9. The van der Waals surface area contributed by atoms with Crippen LogP contribution in [0.2, 0.25) is 0 Å². The first-order chi connectivity index (χ1) is 25.3. The predicted molar refractivity (Wildman–Crippen MR) is 214 cm³/mol. The van der Waals surface area contributed by atoms with E-state index in [1.54, 1.807) is 0 Å². The summed E-state index contributed by atoms with van der Waals surface area (Å²) in [5.41, 5.74) is 8.81.